The molecule has 164 valence electrons. The molecule has 1 amide bonds. The first-order valence-corrected chi connectivity index (χ1v) is 11.6. The third-order valence-corrected chi connectivity index (χ3v) is 7.31. The van der Waals surface area contributed by atoms with Crippen molar-refractivity contribution in [2.45, 2.75) is 37.6 Å². The fourth-order valence-corrected chi connectivity index (χ4v) is 4.89. The van der Waals surface area contributed by atoms with Gasteiger partial charge >= 0.3 is 0 Å². The molecule has 0 aliphatic carbocycles. The molecule has 4 rings (SSSR count). The first kappa shape index (κ1) is 21.3. The van der Waals surface area contributed by atoms with Gasteiger partial charge < -0.3 is 14.3 Å². The van der Waals surface area contributed by atoms with Crippen LogP contribution in [0.1, 0.15) is 49.2 Å². The highest BCUT2D eigenvalue weighted by molar-refractivity contribution is 7.89. The lowest BCUT2D eigenvalue weighted by Gasteiger charge is -2.29. The third-order valence-electron chi connectivity index (χ3n) is 5.40. The van der Waals surface area contributed by atoms with Gasteiger partial charge in [-0.2, -0.15) is 9.29 Å². The van der Waals surface area contributed by atoms with Crippen molar-refractivity contribution in [3.8, 4) is 11.4 Å². The predicted molar refractivity (Wildman–Crippen MR) is 111 cm³/mol. The Balaban J connectivity index is 1.45. The van der Waals surface area contributed by atoms with Crippen LogP contribution in [0.4, 0.5) is 0 Å². The minimum absolute atomic E-state index is 0.187. The maximum absolute atomic E-state index is 12.9. The quantitative estimate of drug-likeness (QED) is 0.620. The Kier molecular flexibility index (Phi) is 5.92. The van der Waals surface area contributed by atoms with Gasteiger partial charge in [-0.05, 0) is 62.1 Å². The maximum atomic E-state index is 12.9. The molecule has 0 saturated carbocycles. The summed E-state index contributed by atoms with van der Waals surface area (Å²) >= 11 is 0. The number of sulfonamides is 1. The molecule has 3 heterocycles. The summed E-state index contributed by atoms with van der Waals surface area (Å²) < 4.78 is 37.6. The van der Waals surface area contributed by atoms with Crippen molar-refractivity contribution in [1.82, 2.24) is 19.8 Å². The molecule has 1 atom stereocenters. The van der Waals surface area contributed by atoms with Crippen molar-refractivity contribution in [3.05, 3.63) is 54.3 Å². The number of rotatable bonds is 6. The summed E-state index contributed by atoms with van der Waals surface area (Å²) in [5.74, 6) is 0.886. The van der Waals surface area contributed by atoms with Crippen LogP contribution in [0.25, 0.3) is 11.4 Å². The zero-order chi connectivity index (χ0) is 22.0. The summed E-state index contributed by atoms with van der Waals surface area (Å²) in [6.45, 7) is 4.94. The van der Waals surface area contributed by atoms with Crippen LogP contribution in [0.3, 0.4) is 0 Å². The van der Waals surface area contributed by atoms with Crippen LogP contribution in [0.2, 0.25) is 0 Å². The topological polar surface area (TPSA) is 119 Å². The van der Waals surface area contributed by atoms with Crippen molar-refractivity contribution in [3.63, 3.8) is 0 Å². The molecule has 10 heteroatoms. The van der Waals surface area contributed by atoms with Crippen LogP contribution in [0.5, 0.6) is 0 Å². The Labute approximate surface area is 180 Å². The first-order valence-electron chi connectivity index (χ1n) is 10.1. The van der Waals surface area contributed by atoms with E-state index in [2.05, 4.69) is 22.4 Å². The second-order valence-electron chi connectivity index (χ2n) is 7.74. The van der Waals surface area contributed by atoms with Crippen LogP contribution in [0, 0.1) is 5.92 Å². The van der Waals surface area contributed by atoms with Gasteiger partial charge in [0.25, 0.3) is 5.91 Å². The van der Waals surface area contributed by atoms with Gasteiger partial charge in [0, 0.05) is 18.7 Å². The molecule has 3 aromatic rings. The molecule has 1 fully saturated rings. The zero-order valence-corrected chi connectivity index (χ0v) is 18.1. The molecule has 0 radical (unpaired) electrons. The standard InChI is InChI=1S/C21H24N4O5S/c1-14-9-11-25(12-10-14)31(27,28)17-7-5-16(6-8-17)19-23-21(30-24-19)15(2)22-20(26)18-4-3-13-29-18/h3-8,13-15H,9-12H2,1-2H3,(H,22,26)/t15-/m0/s1. The number of amides is 1. The lowest BCUT2D eigenvalue weighted by Crippen LogP contribution is -2.37. The molecular weight excluding hydrogens is 420 g/mol. The number of hydrogen-bond acceptors (Lipinski definition) is 7. The van der Waals surface area contributed by atoms with Crippen molar-refractivity contribution in [2.75, 3.05) is 13.1 Å². The Morgan fingerprint density at radius 1 is 1.19 bits per heavy atom. The number of carbonyl (C=O) groups is 1. The number of nitrogens with one attached hydrogen (secondary N) is 1. The van der Waals surface area contributed by atoms with E-state index in [9.17, 15) is 13.2 Å². The molecule has 1 aliphatic heterocycles. The zero-order valence-electron chi connectivity index (χ0n) is 17.3. The SMILES string of the molecule is CC1CCN(S(=O)(=O)c2ccc(-c3noc([C@H](C)NC(=O)c4ccco4)n3)cc2)CC1. The molecule has 2 aromatic heterocycles. The van der Waals surface area contributed by atoms with E-state index in [1.54, 1.807) is 43.3 Å². The molecule has 1 aromatic carbocycles. The van der Waals surface area contributed by atoms with E-state index in [-0.39, 0.29) is 22.5 Å². The number of furan rings is 1. The van der Waals surface area contributed by atoms with Crippen LogP contribution in [-0.4, -0.2) is 41.9 Å². The molecule has 0 spiro atoms. The molecule has 1 aliphatic rings. The fraction of sp³-hybridized carbons (Fsp3) is 0.381. The summed E-state index contributed by atoms with van der Waals surface area (Å²) in [7, 11) is -3.51. The van der Waals surface area contributed by atoms with Crippen molar-refractivity contribution in [1.29, 1.82) is 0 Å². The largest absolute Gasteiger partial charge is 0.459 e. The van der Waals surface area contributed by atoms with E-state index in [1.807, 2.05) is 0 Å². The minimum Gasteiger partial charge on any atom is -0.459 e. The van der Waals surface area contributed by atoms with E-state index in [0.717, 1.165) is 12.8 Å². The number of benzene rings is 1. The van der Waals surface area contributed by atoms with Crippen molar-refractivity contribution in [2.24, 2.45) is 5.92 Å². The average Bonchev–Trinajstić information content (AvgIpc) is 3.47. The second kappa shape index (κ2) is 8.64. The number of nitrogens with zero attached hydrogens (tertiary/aromatic N) is 3. The summed E-state index contributed by atoms with van der Waals surface area (Å²) in [6, 6.07) is 9.07. The van der Waals surface area contributed by atoms with Crippen LogP contribution in [-0.2, 0) is 10.0 Å². The Hall–Kier alpha value is -2.98. The number of aromatic nitrogens is 2. The van der Waals surface area contributed by atoms with E-state index in [1.165, 1.54) is 10.6 Å². The lowest BCUT2D eigenvalue weighted by molar-refractivity contribution is 0.0904. The summed E-state index contributed by atoms with van der Waals surface area (Å²) in [5.41, 5.74) is 0.616. The second-order valence-corrected chi connectivity index (χ2v) is 9.68. The highest BCUT2D eigenvalue weighted by Gasteiger charge is 2.28. The molecule has 1 saturated heterocycles. The smallest absolute Gasteiger partial charge is 0.287 e. The highest BCUT2D eigenvalue weighted by Crippen LogP contribution is 2.26. The summed E-state index contributed by atoms with van der Waals surface area (Å²) in [5, 5.41) is 6.66. The summed E-state index contributed by atoms with van der Waals surface area (Å²) in [4.78, 5) is 16.7. The van der Waals surface area contributed by atoms with E-state index < -0.39 is 16.1 Å². The monoisotopic (exact) mass is 444 g/mol. The molecule has 0 bridgehead atoms. The maximum Gasteiger partial charge on any atom is 0.287 e. The Bertz CT molecular complexity index is 1130. The molecule has 1 N–H and O–H groups in total. The molecule has 9 nitrogen and oxygen atoms in total. The number of piperidine rings is 1. The van der Waals surface area contributed by atoms with E-state index >= 15 is 0 Å². The van der Waals surface area contributed by atoms with Gasteiger partial charge in [0.2, 0.25) is 21.7 Å². The average molecular weight is 445 g/mol. The highest BCUT2D eigenvalue weighted by atomic mass is 32.2. The number of carbonyl (C=O) groups excluding carboxylic acids is 1. The lowest BCUT2D eigenvalue weighted by atomic mass is 10.0. The number of hydrogen-bond donors (Lipinski definition) is 1. The van der Waals surface area contributed by atoms with Gasteiger partial charge in [0.05, 0.1) is 11.2 Å². The minimum atomic E-state index is -3.51. The molecule has 31 heavy (non-hydrogen) atoms. The van der Waals surface area contributed by atoms with E-state index in [0.29, 0.717) is 30.4 Å². The van der Waals surface area contributed by atoms with Crippen molar-refractivity contribution >= 4 is 15.9 Å². The normalized spacial score (nSPS) is 16.8. The van der Waals surface area contributed by atoms with Gasteiger partial charge in [0.1, 0.15) is 6.04 Å². The first-order chi connectivity index (χ1) is 14.8. The van der Waals surface area contributed by atoms with Gasteiger partial charge in [-0.1, -0.05) is 12.1 Å². The van der Waals surface area contributed by atoms with Gasteiger partial charge in [0.15, 0.2) is 5.76 Å². The Morgan fingerprint density at radius 2 is 1.90 bits per heavy atom. The molecule has 0 unspecified atom stereocenters. The predicted octanol–water partition coefficient (Wildman–Crippen LogP) is 3.24. The fourth-order valence-electron chi connectivity index (χ4n) is 3.42. The van der Waals surface area contributed by atoms with Crippen LogP contribution < -0.4 is 5.32 Å². The van der Waals surface area contributed by atoms with Crippen molar-refractivity contribution < 1.29 is 22.2 Å². The van der Waals surface area contributed by atoms with Gasteiger partial charge in [-0.25, -0.2) is 8.42 Å². The van der Waals surface area contributed by atoms with Gasteiger partial charge in [-0.15, -0.1) is 0 Å². The third kappa shape index (κ3) is 4.54. The Morgan fingerprint density at radius 3 is 2.55 bits per heavy atom. The van der Waals surface area contributed by atoms with Crippen LogP contribution >= 0.6 is 0 Å². The van der Waals surface area contributed by atoms with Gasteiger partial charge in [-0.3, -0.25) is 4.79 Å². The van der Waals surface area contributed by atoms with E-state index in [4.69, 9.17) is 8.94 Å². The summed E-state index contributed by atoms with van der Waals surface area (Å²) in [6.07, 6.45) is 3.16. The van der Waals surface area contributed by atoms with Crippen LogP contribution in [0.15, 0.2) is 56.5 Å². The molecular formula is C21H24N4O5S.